The first-order valence-corrected chi connectivity index (χ1v) is 9.70. The second-order valence-electron chi connectivity index (χ2n) is 5.98. The summed E-state index contributed by atoms with van der Waals surface area (Å²) in [6.45, 7) is 3.11. The van der Waals surface area contributed by atoms with Gasteiger partial charge in [0.05, 0.1) is 24.6 Å². The molecule has 1 aliphatic heterocycles. The Morgan fingerprint density at radius 2 is 1.64 bits per heavy atom. The Hall–Kier alpha value is -1.24. The highest BCUT2D eigenvalue weighted by Gasteiger charge is 2.23. The predicted molar refractivity (Wildman–Crippen MR) is 104 cm³/mol. The number of aliphatic hydroxyl groups excluding tert-OH is 2. The standard InChI is InChI=1S/C19H23ClN2O2S/c20-15-6-7-19-17(14-15)22(16-4-1-2-5-18(16)25-19)9-3-8-21(10-12-23)11-13-24/h1-2,4-7,14,23-24H,3,8-13H2. The number of nitrogens with zero attached hydrogens (tertiary/aromatic N) is 2. The molecular weight excluding hydrogens is 356 g/mol. The summed E-state index contributed by atoms with van der Waals surface area (Å²) in [4.78, 5) is 6.87. The SMILES string of the molecule is OCCN(CCO)CCCN1c2ccccc2Sc2ccc(Cl)cc21. The van der Waals surface area contributed by atoms with Crippen LogP contribution in [0.15, 0.2) is 52.3 Å². The van der Waals surface area contributed by atoms with Gasteiger partial charge in [-0.25, -0.2) is 0 Å². The molecule has 0 radical (unpaired) electrons. The Morgan fingerprint density at radius 1 is 0.920 bits per heavy atom. The van der Waals surface area contributed by atoms with Crippen LogP contribution in [0.2, 0.25) is 5.02 Å². The molecule has 0 amide bonds. The van der Waals surface area contributed by atoms with Crippen LogP contribution in [0.5, 0.6) is 0 Å². The van der Waals surface area contributed by atoms with Gasteiger partial charge in [0, 0.05) is 41.0 Å². The van der Waals surface area contributed by atoms with Crippen LogP contribution in [0.4, 0.5) is 11.4 Å². The van der Waals surface area contributed by atoms with E-state index in [9.17, 15) is 0 Å². The summed E-state index contributed by atoms with van der Waals surface area (Å²) in [6.07, 6.45) is 0.935. The van der Waals surface area contributed by atoms with Gasteiger partial charge in [-0.3, -0.25) is 4.90 Å². The number of anilines is 2. The van der Waals surface area contributed by atoms with Gasteiger partial charge in [-0.1, -0.05) is 35.5 Å². The molecule has 0 saturated heterocycles. The minimum atomic E-state index is 0.113. The molecule has 0 spiro atoms. The lowest BCUT2D eigenvalue weighted by atomic mass is 10.2. The van der Waals surface area contributed by atoms with E-state index in [1.165, 1.54) is 15.5 Å². The summed E-state index contributed by atoms with van der Waals surface area (Å²) in [6, 6.07) is 14.5. The second-order valence-corrected chi connectivity index (χ2v) is 7.50. The molecule has 2 aromatic carbocycles. The zero-order chi connectivity index (χ0) is 17.6. The van der Waals surface area contributed by atoms with E-state index < -0.39 is 0 Å². The molecule has 4 nitrogen and oxygen atoms in total. The molecule has 3 rings (SSSR count). The van der Waals surface area contributed by atoms with Gasteiger partial charge in [0.1, 0.15) is 0 Å². The Labute approximate surface area is 158 Å². The molecule has 0 fully saturated rings. The zero-order valence-electron chi connectivity index (χ0n) is 14.1. The van der Waals surface area contributed by atoms with Crippen LogP contribution >= 0.6 is 23.4 Å². The normalized spacial score (nSPS) is 13.0. The average molecular weight is 379 g/mol. The molecule has 6 heteroatoms. The predicted octanol–water partition coefficient (Wildman–Crippen LogP) is 3.62. The second kappa shape index (κ2) is 8.92. The number of hydrogen-bond acceptors (Lipinski definition) is 5. The molecule has 134 valence electrons. The molecule has 1 heterocycles. The molecule has 0 aromatic heterocycles. The maximum Gasteiger partial charge on any atom is 0.0567 e. The van der Waals surface area contributed by atoms with E-state index in [1.807, 2.05) is 12.1 Å². The number of benzene rings is 2. The van der Waals surface area contributed by atoms with Crippen LogP contribution in [0.1, 0.15) is 6.42 Å². The van der Waals surface area contributed by atoms with Gasteiger partial charge in [0.25, 0.3) is 0 Å². The highest BCUT2D eigenvalue weighted by molar-refractivity contribution is 7.99. The minimum absolute atomic E-state index is 0.113. The zero-order valence-corrected chi connectivity index (χ0v) is 15.6. The highest BCUT2D eigenvalue weighted by Crippen LogP contribution is 2.48. The average Bonchev–Trinajstić information content (AvgIpc) is 2.62. The molecule has 2 N–H and O–H groups in total. The molecule has 25 heavy (non-hydrogen) atoms. The van der Waals surface area contributed by atoms with Crippen molar-refractivity contribution in [2.75, 3.05) is 44.3 Å². The van der Waals surface area contributed by atoms with Crippen molar-refractivity contribution < 1.29 is 10.2 Å². The number of halogens is 1. The summed E-state index contributed by atoms with van der Waals surface area (Å²) in [5, 5.41) is 19.0. The van der Waals surface area contributed by atoms with Crippen molar-refractivity contribution in [2.24, 2.45) is 0 Å². The van der Waals surface area contributed by atoms with Crippen molar-refractivity contribution in [3.05, 3.63) is 47.5 Å². The van der Waals surface area contributed by atoms with Crippen LogP contribution in [0.25, 0.3) is 0 Å². The number of para-hydroxylation sites is 1. The molecule has 0 unspecified atom stereocenters. The van der Waals surface area contributed by atoms with E-state index in [0.29, 0.717) is 13.1 Å². The molecule has 0 saturated carbocycles. The van der Waals surface area contributed by atoms with Gasteiger partial charge in [-0.15, -0.1) is 0 Å². The van der Waals surface area contributed by atoms with E-state index >= 15 is 0 Å². The molecule has 2 aromatic rings. The fourth-order valence-corrected chi connectivity index (χ4v) is 4.36. The van der Waals surface area contributed by atoms with E-state index in [1.54, 1.807) is 11.8 Å². The highest BCUT2D eigenvalue weighted by atomic mass is 35.5. The molecule has 0 atom stereocenters. The third-order valence-corrected chi connectivity index (χ3v) is 5.64. The van der Waals surface area contributed by atoms with Gasteiger partial charge >= 0.3 is 0 Å². The van der Waals surface area contributed by atoms with Crippen molar-refractivity contribution in [1.82, 2.24) is 4.90 Å². The number of rotatable bonds is 8. The van der Waals surface area contributed by atoms with Crippen LogP contribution in [-0.2, 0) is 0 Å². The van der Waals surface area contributed by atoms with Gasteiger partial charge in [-0.2, -0.15) is 0 Å². The third kappa shape index (κ3) is 4.49. The maximum atomic E-state index is 9.15. The Kier molecular flexibility index (Phi) is 6.62. The number of aliphatic hydroxyl groups is 2. The number of fused-ring (bicyclic) bond motifs is 2. The summed E-state index contributed by atoms with van der Waals surface area (Å²) in [5.74, 6) is 0. The third-order valence-electron chi connectivity index (χ3n) is 4.28. The Bertz CT molecular complexity index is 708. The maximum absolute atomic E-state index is 9.15. The quantitative estimate of drug-likeness (QED) is 0.734. The smallest absolute Gasteiger partial charge is 0.0567 e. The summed E-state index contributed by atoms with van der Waals surface area (Å²) in [5.41, 5.74) is 2.35. The monoisotopic (exact) mass is 378 g/mol. The van der Waals surface area contributed by atoms with Crippen LogP contribution < -0.4 is 4.90 Å². The van der Waals surface area contributed by atoms with Crippen molar-refractivity contribution in [3.8, 4) is 0 Å². The minimum Gasteiger partial charge on any atom is -0.395 e. The van der Waals surface area contributed by atoms with Crippen molar-refractivity contribution in [3.63, 3.8) is 0 Å². The largest absolute Gasteiger partial charge is 0.395 e. The first-order chi connectivity index (χ1) is 12.2. The van der Waals surface area contributed by atoms with Crippen molar-refractivity contribution >= 4 is 34.7 Å². The van der Waals surface area contributed by atoms with Gasteiger partial charge in [0.15, 0.2) is 0 Å². The summed E-state index contributed by atoms with van der Waals surface area (Å²) >= 11 is 8.01. The van der Waals surface area contributed by atoms with E-state index in [2.05, 4.69) is 40.1 Å². The van der Waals surface area contributed by atoms with Crippen molar-refractivity contribution in [2.45, 2.75) is 16.2 Å². The Balaban J connectivity index is 1.77. The summed E-state index contributed by atoms with van der Waals surface area (Å²) in [7, 11) is 0. The van der Waals surface area contributed by atoms with Crippen LogP contribution in [-0.4, -0.2) is 54.5 Å². The Morgan fingerprint density at radius 3 is 2.40 bits per heavy atom. The number of hydrogen-bond donors (Lipinski definition) is 2. The molecular formula is C19H23ClN2O2S. The van der Waals surface area contributed by atoms with Crippen LogP contribution in [0.3, 0.4) is 0 Å². The van der Waals surface area contributed by atoms with E-state index in [-0.39, 0.29) is 13.2 Å². The first kappa shape index (κ1) is 18.5. The molecule has 1 aliphatic rings. The molecule has 0 aliphatic carbocycles. The lowest BCUT2D eigenvalue weighted by Crippen LogP contribution is -2.33. The van der Waals surface area contributed by atoms with Crippen LogP contribution in [0, 0.1) is 0 Å². The molecule has 0 bridgehead atoms. The fraction of sp³-hybridized carbons (Fsp3) is 0.368. The van der Waals surface area contributed by atoms with Gasteiger partial charge in [-0.05, 0) is 36.8 Å². The van der Waals surface area contributed by atoms with Gasteiger partial charge in [0.2, 0.25) is 0 Å². The first-order valence-electron chi connectivity index (χ1n) is 8.51. The fourth-order valence-electron chi connectivity index (χ4n) is 3.11. The topological polar surface area (TPSA) is 46.9 Å². The lowest BCUT2D eigenvalue weighted by molar-refractivity contribution is 0.160. The van der Waals surface area contributed by atoms with E-state index in [0.717, 1.165) is 30.2 Å². The van der Waals surface area contributed by atoms with E-state index in [4.69, 9.17) is 21.8 Å². The summed E-state index contributed by atoms with van der Waals surface area (Å²) < 4.78 is 0. The van der Waals surface area contributed by atoms with Crippen molar-refractivity contribution in [1.29, 1.82) is 0 Å². The lowest BCUT2D eigenvalue weighted by Gasteiger charge is -2.33. The van der Waals surface area contributed by atoms with Gasteiger partial charge < -0.3 is 15.1 Å².